The second kappa shape index (κ2) is 8.35. The summed E-state index contributed by atoms with van der Waals surface area (Å²) in [6.07, 6.45) is 4.70. The highest BCUT2D eigenvalue weighted by Gasteiger charge is 2.10. The van der Waals surface area contributed by atoms with E-state index in [1.165, 1.54) is 12.4 Å². The SMILES string of the molecule is CCOc1ccc(NC(=O)c2cnc(Nc3cccc4cccnc34)cn2)cc1. The fraction of sp³-hybridized carbons (Fsp3) is 0.0909. The highest BCUT2D eigenvalue weighted by molar-refractivity contribution is 6.02. The first-order valence-electron chi connectivity index (χ1n) is 9.20. The van der Waals surface area contributed by atoms with Crippen LogP contribution < -0.4 is 15.4 Å². The molecule has 2 aromatic carbocycles. The second-order valence-electron chi connectivity index (χ2n) is 6.20. The zero-order chi connectivity index (χ0) is 20.1. The van der Waals surface area contributed by atoms with Crippen LogP contribution in [0.1, 0.15) is 17.4 Å². The summed E-state index contributed by atoms with van der Waals surface area (Å²) >= 11 is 0. The Kier molecular flexibility index (Phi) is 5.29. The van der Waals surface area contributed by atoms with Gasteiger partial charge < -0.3 is 15.4 Å². The molecule has 1 amide bonds. The Balaban J connectivity index is 1.45. The summed E-state index contributed by atoms with van der Waals surface area (Å²) < 4.78 is 5.39. The van der Waals surface area contributed by atoms with Crippen LogP contribution in [0.3, 0.4) is 0 Å². The number of hydrogen-bond acceptors (Lipinski definition) is 6. The Bertz CT molecular complexity index is 1120. The standard InChI is InChI=1S/C22H19N5O2/c1-2-29-17-10-8-16(9-11-17)26-22(28)19-13-25-20(14-24-19)27-18-7-3-5-15-6-4-12-23-21(15)18/h3-14H,2H2,1H3,(H,25,27)(H,26,28). The van der Waals surface area contributed by atoms with Gasteiger partial charge in [-0.05, 0) is 43.3 Å². The van der Waals surface area contributed by atoms with Crippen molar-refractivity contribution in [1.29, 1.82) is 0 Å². The van der Waals surface area contributed by atoms with Gasteiger partial charge in [0, 0.05) is 17.3 Å². The third-order valence-electron chi connectivity index (χ3n) is 4.20. The average Bonchev–Trinajstić information content (AvgIpc) is 2.76. The van der Waals surface area contributed by atoms with Crippen molar-refractivity contribution in [3.8, 4) is 5.75 Å². The lowest BCUT2D eigenvalue weighted by Gasteiger charge is -2.09. The molecular weight excluding hydrogens is 366 g/mol. The first-order chi connectivity index (χ1) is 14.2. The van der Waals surface area contributed by atoms with E-state index in [0.29, 0.717) is 18.1 Å². The van der Waals surface area contributed by atoms with Crippen molar-refractivity contribution >= 4 is 34.0 Å². The first kappa shape index (κ1) is 18.4. The van der Waals surface area contributed by atoms with Crippen molar-refractivity contribution in [3.05, 3.63) is 78.9 Å². The molecule has 0 aliphatic carbocycles. The number of carbonyl (C=O) groups is 1. The highest BCUT2D eigenvalue weighted by Crippen LogP contribution is 2.23. The highest BCUT2D eigenvalue weighted by atomic mass is 16.5. The van der Waals surface area contributed by atoms with Crippen LogP contribution in [0.5, 0.6) is 5.75 Å². The molecule has 0 unspecified atom stereocenters. The Morgan fingerprint density at radius 1 is 0.966 bits per heavy atom. The summed E-state index contributed by atoms with van der Waals surface area (Å²) in [5.74, 6) is 0.949. The van der Waals surface area contributed by atoms with Crippen LogP contribution in [-0.4, -0.2) is 27.5 Å². The van der Waals surface area contributed by atoms with Gasteiger partial charge in [-0.15, -0.1) is 0 Å². The summed E-state index contributed by atoms with van der Waals surface area (Å²) in [5, 5.41) is 7.02. The number of nitrogens with one attached hydrogen (secondary N) is 2. The summed E-state index contributed by atoms with van der Waals surface area (Å²) in [6, 6.07) is 16.9. The largest absolute Gasteiger partial charge is 0.494 e. The van der Waals surface area contributed by atoms with E-state index < -0.39 is 0 Å². The topological polar surface area (TPSA) is 89.0 Å². The van der Waals surface area contributed by atoms with Crippen LogP contribution in [0.25, 0.3) is 10.9 Å². The number of ether oxygens (including phenoxy) is 1. The number of rotatable bonds is 6. The van der Waals surface area contributed by atoms with Crippen LogP contribution in [-0.2, 0) is 0 Å². The summed E-state index contributed by atoms with van der Waals surface area (Å²) in [4.78, 5) is 25.3. The number of carbonyl (C=O) groups excluding carboxylic acids is 1. The van der Waals surface area contributed by atoms with Gasteiger partial charge >= 0.3 is 0 Å². The van der Waals surface area contributed by atoms with Crippen LogP contribution in [0.4, 0.5) is 17.2 Å². The van der Waals surface area contributed by atoms with Crippen molar-refractivity contribution in [2.45, 2.75) is 6.92 Å². The maximum absolute atomic E-state index is 12.4. The van der Waals surface area contributed by atoms with Gasteiger partial charge in [0.25, 0.3) is 5.91 Å². The molecule has 0 aliphatic rings. The van der Waals surface area contributed by atoms with Crippen molar-refractivity contribution < 1.29 is 9.53 Å². The number of para-hydroxylation sites is 1. The molecule has 7 nitrogen and oxygen atoms in total. The van der Waals surface area contributed by atoms with Crippen molar-refractivity contribution in [2.75, 3.05) is 17.2 Å². The Morgan fingerprint density at radius 2 is 1.79 bits per heavy atom. The quantitative estimate of drug-likeness (QED) is 0.511. The average molecular weight is 385 g/mol. The zero-order valence-corrected chi connectivity index (χ0v) is 15.8. The lowest BCUT2D eigenvalue weighted by molar-refractivity contribution is 0.102. The van der Waals surface area contributed by atoms with E-state index >= 15 is 0 Å². The van der Waals surface area contributed by atoms with E-state index in [1.54, 1.807) is 30.5 Å². The molecule has 0 radical (unpaired) electrons. The monoisotopic (exact) mass is 385 g/mol. The maximum Gasteiger partial charge on any atom is 0.275 e. The number of hydrogen-bond donors (Lipinski definition) is 2. The molecular formula is C22H19N5O2. The predicted molar refractivity (Wildman–Crippen MR) is 113 cm³/mol. The Hall–Kier alpha value is -4.00. The molecule has 0 saturated heterocycles. The van der Waals surface area contributed by atoms with Crippen LogP contribution in [0.2, 0.25) is 0 Å². The number of amides is 1. The van der Waals surface area contributed by atoms with Gasteiger partial charge in [-0.3, -0.25) is 9.78 Å². The van der Waals surface area contributed by atoms with Crippen LogP contribution in [0.15, 0.2) is 73.2 Å². The fourth-order valence-corrected chi connectivity index (χ4v) is 2.85. The predicted octanol–water partition coefficient (Wildman–Crippen LogP) is 4.42. The van der Waals surface area contributed by atoms with Gasteiger partial charge in [0.1, 0.15) is 17.3 Å². The van der Waals surface area contributed by atoms with Crippen LogP contribution in [0, 0.1) is 0 Å². The minimum absolute atomic E-state index is 0.223. The lowest BCUT2D eigenvalue weighted by atomic mass is 10.2. The normalized spacial score (nSPS) is 10.5. The summed E-state index contributed by atoms with van der Waals surface area (Å²) in [6.45, 7) is 2.51. The smallest absolute Gasteiger partial charge is 0.275 e. The zero-order valence-electron chi connectivity index (χ0n) is 15.8. The third-order valence-corrected chi connectivity index (χ3v) is 4.20. The minimum atomic E-state index is -0.333. The number of benzene rings is 2. The van der Waals surface area contributed by atoms with Gasteiger partial charge in [0.15, 0.2) is 0 Å². The summed E-state index contributed by atoms with van der Waals surface area (Å²) in [7, 11) is 0. The van der Waals surface area contributed by atoms with Gasteiger partial charge in [0.05, 0.1) is 30.2 Å². The molecule has 2 N–H and O–H groups in total. The van der Waals surface area contributed by atoms with Crippen molar-refractivity contribution in [2.24, 2.45) is 0 Å². The molecule has 144 valence electrons. The summed E-state index contributed by atoms with van der Waals surface area (Å²) in [5.41, 5.74) is 2.54. The number of fused-ring (bicyclic) bond motifs is 1. The van der Waals surface area contributed by atoms with Gasteiger partial charge in [0.2, 0.25) is 0 Å². The van der Waals surface area contributed by atoms with E-state index in [-0.39, 0.29) is 11.6 Å². The molecule has 0 spiro atoms. The van der Waals surface area contributed by atoms with Crippen molar-refractivity contribution in [1.82, 2.24) is 15.0 Å². The Labute approximate surface area is 167 Å². The van der Waals surface area contributed by atoms with E-state index in [4.69, 9.17) is 4.74 Å². The lowest BCUT2D eigenvalue weighted by Crippen LogP contribution is -2.14. The number of anilines is 3. The van der Waals surface area contributed by atoms with Crippen molar-refractivity contribution in [3.63, 3.8) is 0 Å². The van der Waals surface area contributed by atoms with E-state index in [2.05, 4.69) is 25.6 Å². The molecule has 0 saturated carbocycles. The van der Waals surface area contributed by atoms with Gasteiger partial charge in [-0.25, -0.2) is 9.97 Å². The maximum atomic E-state index is 12.4. The Morgan fingerprint density at radius 3 is 2.55 bits per heavy atom. The van der Waals surface area contributed by atoms with Gasteiger partial charge in [-0.1, -0.05) is 18.2 Å². The molecule has 4 aromatic rings. The van der Waals surface area contributed by atoms with E-state index in [9.17, 15) is 4.79 Å². The number of nitrogens with zero attached hydrogens (tertiary/aromatic N) is 3. The fourth-order valence-electron chi connectivity index (χ4n) is 2.85. The third kappa shape index (κ3) is 4.30. The molecule has 0 atom stereocenters. The molecule has 0 bridgehead atoms. The number of aromatic nitrogens is 3. The van der Waals surface area contributed by atoms with Gasteiger partial charge in [-0.2, -0.15) is 0 Å². The molecule has 2 heterocycles. The van der Waals surface area contributed by atoms with E-state index in [1.807, 2.05) is 37.3 Å². The molecule has 7 heteroatoms. The molecule has 4 rings (SSSR count). The number of pyridine rings is 1. The molecule has 0 fully saturated rings. The van der Waals surface area contributed by atoms with E-state index in [0.717, 1.165) is 22.3 Å². The molecule has 29 heavy (non-hydrogen) atoms. The molecule has 0 aliphatic heterocycles. The minimum Gasteiger partial charge on any atom is -0.494 e. The second-order valence-corrected chi connectivity index (χ2v) is 6.20. The van der Waals surface area contributed by atoms with Crippen LogP contribution >= 0.6 is 0 Å². The first-order valence-corrected chi connectivity index (χ1v) is 9.20. The molecule has 2 aromatic heterocycles.